The summed E-state index contributed by atoms with van der Waals surface area (Å²) in [5, 5.41) is 3.39. The van der Waals surface area contributed by atoms with Gasteiger partial charge < -0.3 is 19.5 Å². The van der Waals surface area contributed by atoms with Gasteiger partial charge in [0, 0.05) is 17.7 Å². The lowest BCUT2D eigenvalue weighted by Crippen LogP contribution is -2.20. The van der Waals surface area contributed by atoms with Crippen LogP contribution in [0.15, 0.2) is 18.2 Å². The summed E-state index contributed by atoms with van der Waals surface area (Å²) >= 11 is 0. The zero-order valence-electron chi connectivity index (χ0n) is 16.9. The van der Waals surface area contributed by atoms with Crippen LogP contribution in [0.4, 0.5) is 14.6 Å². The number of hydrogen-bond acceptors (Lipinski definition) is 6. The van der Waals surface area contributed by atoms with E-state index >= 15 is 0 Å². The largest absolute Gasteiger partial charge is 0.497 e. The molecule has 0 aliphatic rings. The van der Waals surface area contributed by atoms with Crippen LogP contribution in [0.3, 0.4) is 0 Å². The maximum atomic E-state index is 12.9. The van der Waals surface area contributed by atoms with Crippen molar-refractivity contribution < 1.29 is 23.0 Å². The first-order chi connectivity index (χ1) is 13.5. The van der Waals surface area contributed by atoms with Crippen LogP contribution in [0.2, 0.25) is 0 Å². The molecule has 28 heavy (non-hydrogen) atoms. The molecule has 0 radical (unpaired) electrons. The van der Waals surface area contributed by atoms with Gasteiger partial charge >= 0.3 is 6.61 Å². The van der Waals surface area contributed by atoms with E-state index in [1.165, 1.54) is 20.3 Å². The zero-order valence-corrected chi connectivity index (χ0v) is 16.9. The number of halogens is 2. The minimum atomic E-state index is -2.98. The van der Waals surface area contributed by atoms with Crippen molar-refractivity contribution in [2.45, 2.75) is 52.7 Å². The molecule has 0 aliphatic carbocycles. The molecule has 0 atom stereocenters. The molecule has 0 fully saturated rings. The van der Waals surface area contributed by atoms with Crippen molar-refractivity contribution in [3.05, 3.63) is 23.9 Å². The highest BCUT2D eigenvalue weighted by Gasteiger charge is 2.21. The average molecular weight is 395 g/mol. The van der Waals surface area contributed by atoms with E-state index in [1.807, 2.05) is 6.92 Å². The number of methoxy groups -OCH3 is 2. The first kappa shape index (κ1) is 21.7. The minimum Gasteiger partial charge on any atom is -0.497 e. The fourth-order valence-corrected chi connectivity index (χ4v) is 2.84. The van der Waals surface area contributed by atoms with E-state index in [0.717, 1.165) is 18.5 Å². The molecule has 1 aromatic carbocycles. The topological polar surface area (TPSA) is 65.5 Å². The van der Waals surface area contributed by atoms with Crippen molar-refractivity contribution >= 4 is 5.82 Å². The van der Waals surface area contributed by atoms with Crippen LogP contribution in [0.25, 0.3) is 11.3 Å². The van der Waals surface area contributed by atoms with Crippen molar-refractivity contribution in [3.63, 3.8) is 0 Å². The maximum Gasteiger partial charge on any atom is 0.387 e. The number of alkyl halides is 2. The van der Waals surface area contributed by atoms with Gasteiger partial charge in [-0.1, -0.05) is 20.8 Å². The summed E-state index contributed by atoms with van der Waals surface area (Å²) in [6.45, 7) is 3.17. The van der Waals surface area contributed by atoms with Crippen LogP contribution in [-0.2, 0) is 6.42 Å². The SMILES string of the molecule is CCc1nc(-c2ccc(OC)cc2OC(F)F)c(OC)nc1NC(CC)CC. The number of benzene rings is 1. The molecule has 2 rings (SSSR count). The standard InChI is InChI=1S/C20H27F2N3O3/c1-6-12(7-2)23-18-15(8-3)24-17(19(25-18)27-5)14-10-9-13(26-4)11-16(14)28-20(21)22/h9-12,20H,6-8H2,1-5H3,(H,23,25). The molecular formula is C20H27F2N3O3. The van der Waals surface area contributed by atoms with E-state index in [2.05, 4.69) is 29.1 Å². The molecule has 0 unspecified atom stereocenters. The maximum absolute atomic E-state index is 12.9. The van der Waals surface area contributed by atoms with E-state index in [0.29, 0.717) is 29.2 Å². The molecule has 8 heteroatoms. The van der Waals surface area contributed by atoms with Crippen molar-refractivity contribution in [1.82, 2.24) is 9.97 Å². The van der Waals surface area contributed by atoms with E-state index in [1.54, 1.807) is 12.1 Å². The molecule has 0 aliphatic heterocycles. The predicted molar refractivity (Wildman–Crippen MR) is 105 cm³/mol. The van der Waals surface area contributed by atoms with Gasteiger partial charge in [0.2, 0.25) is 5.88 Å². The number of aromatic nitrogens is 2. The van der Waals surface area contributed by atoms with Crippen LogP contribution >= 0.6 is 0 Å². The van der Waals surface area contributed by atoms with Gasteiger partial charge in [0.25, 0.3) is 0 Å². The van der Waals surface area contributed by atoms with Crippen LogP contribution in [0.1, 0.15) is 39.3 Å². The van der Waals surface area contributed by atoms with Gasteiger partial charge in [0.05, 0.1) is 19.9 Å². The van der Waals surface area contributed by atoms with Crippen molar-refractivity contribution in [2.24, 2.45) is 0 Å². The molecule has 0 spiro atoms. The number of hydrogen-bond donors (Lipinski definition) is 1. The third kappa shape index (κ3) is 4.99. The molecule has 1 heterocycles. The summed E-state index contributed by atoms with van der Waals surface area (Å²) in [6, 6.07) is 4.91. The molecular weight excluding hydrogens is 368 g/mol. The lowest BCUT2D eigenvalue weighted by Gasteiger charge is -2.20. The summed E-state index contributed by atoms with van der Waals surface area (Å²) in [5.41, 5.74) is 1.42. The van der Waals surface area contributed by atoms with Crippen molar-refractivity contribution in [3.8, 4) is 28.6 Å². The molecule has 0 amide bonds. The summed E-state index contributed by atoms with van der Waals surface area (Å²) < 4.78 is 41.1. The number of rotatable bonds is 10. The van der Waals surface area contributed by atoms with E-state index in [-0.39, 0.29) is 17.7 Å². The lowest BCUT2D eigenvalue weighted by molar-refractivity contribution is -0.0495. The Hall–Kier alpha value is -2.64. The Balaban J connectivity index is 2.59. The van der Waals surface area contributed by atoms with Gasteiger partial charge in [-0.3, -0.25) is 0 Å². The first-order valence-electron chi connectivity index (χ1n) is 9.31. The van der Waals surface area contributed by atoms with E-state index < -0.39 is 6.61 Å². The molecule has 1 N–H and O–H groups in total. The fourth-order valence-electron chi connectivity index (χ4n) is 2.84. The smallest absolute Gasteiger partial charge is 0.387 e. The average Bonchev–Trinajstić information content (AvgIpc) is 2.70. The van der Waals surface area contributed by atoms with E-state index in [9.17, 15) is 8.78 Å². The van der Waals surface area contributed by atoms with Gasteiger partial charge in [-0.15, -0.1) is 0 Å². The van der Waals surface area contributed by atoms with Crippen LogP contribution in [0.5, 0.6) is 17.4 Å². The quantitative estimate of drug-likeness (QED) is 0.616. The predicted octanol–water partition coefficient (Wildman–Crippen LogP) is 4.93. The Morgan fingerprint density at radius 2 is 1.75 bits per heavy atom. The van der Waals surface area contributed by atoms with Gasteiger partial charge in [-0.2, -0.15) is 13.8 Å². The second kappa shape index (κ2) is 10.1. The van der Waals surface area contributed by atoms with Gasteiger partial charge in [-0.05, 0) is 31.4 Å². The van der Waals surface area contributed by atoms with Crippen LogP contribution in [0, 0.1) is 0 Å². The highest BCUT2D eigenvalue weighted by atomic mass is 19.3. The van der Waals surface area contributed by atoms with Crippen LogP contribution < -0.4 is 19.5 Å². The molecule has 1 aromatic heterocycles. The Bertz CT molecular complexity index is 784. The number of aryl methyl sites for hydroxylation is 1. The minimum absolute atomic E-state index is 0.0512. The second-order valence-electron chi connectivity index (χ2n) is 6.13. The van der Waals surface area contributed by atoms with Crippen LogP contribution in [-0.4, -0.2) is 36.8 Å². The molecule has 0 saturated carbocycles. The third-order valence-corrected chi connectivity index (χ3v) is 4.45. The molecule has 2 aromatic rings. The van der Waals surface area contributed by atoms with Gasteiger partial charge in [0.1, 0.15) is 17.2 Å². The first-order valence-corrected chi connectivity index (χ1v) is 9.31. The van der Waals surface area contributed by atoms with Gasteiger partial charge in [-0.25, -0.2) is 4.98 Å². The van der Waals surface area contributed by atoms with Crippen molar-refractivity contribution in [1.29, 1.82) is 0 Å². The summed E-state index contributed by atoms with van der Waals surface area (Å²) in [6.07, 6.45) is 2.50. The summed E-state index contributed by atoms with van der Waals surface area (Å²) in [4.78, 5) is 9.23. The van der Waals surface area contributed by atoms with Crippen molar-refractivity contribution in [2.75, 3.05) is 19.5 Å². The summed E-state index contributed by atoms with van der Waals surface area (Å²) in [5.74, 6) is 1.22. The zero-order chi connectivity index (χ0) is 20.7. The fraction of sp³-hybridized carbons (Fsp3) is 0.500. The molecule has 154 valence electrons. The Kier molecular flexibility index (Phi) is 7.78. The molecule has 0 bridgehead atoms. The number of ether oxygens (including phenoxy) is 3. The van der Waals surface area contributed by atoms with E-state index in [4.69, 9.17) is 14.2 Å². The highest BCUT2D eigenvalue weighted by molar-refractivity contribution is 5.73. The number of anilines is 1. The number of nitrogens with one attached hydrogen (secondary N) is 1. The Morgan fingerprint density at radius 3 is 2.29 bits per heavy atom. The molecule has 0 saturated heterocycles. The third-order valence-electron chi connectivity index (χ3n) is 4.45. The molecule has 6 nitrogen and oxygen atoms in total. The van der Waals surface area contributed by atoms with Gasteiger partial charge in [0.15, 0.2) is 5.82 Å². The Labute approximate surface area is 164 Å². The normalized spacial score (nSPS) is 11.0. The highest BCUT2D eigenvalue weighted by Crippen LogP contribution is 2.38. The Morgan fingerprint density at radius 1 is 1.04 bits per heavy atom. The second-order valence-corrected chi connectivity index (χ2v) is 6.13. The number of nitrogens with zero attached hydrogens (tertiary/aromatic N) is 2. The summed E-state index contributed by atoms with van der Waals surface area (Å²) in [7, 11) is 2.92. The lowest BCUT2D eigenvalue weighted by atomic mass is 10.1. The monoisotopic (exact) mass is 395 g/mol.